The van der Waals surface area contributed by atoms with Crippen LogP contribution in [-0.4, -0.2) is 5.91 Å². The van der Waals surface area contributed by atoms with Gasteiger partial charge in [0.05, 0.1) is 6.04 Å². The third-order valence-corrected chi connectivity index (χ3v) is 3.87. The van der Waals surface area contributed by atoms with Gasteiger partial charge in [-0.3, -0.25) is 4.79 Å². The van der Waals surface area contributed by atoms with Gasteiger partial charge in [-0.2, -0.15) is 0 Å². The van der Waals surface area contributed by atoms with Crippen LogP contribution in [0.2, 0.25) is 0 Å². The number of benzene rings is 2. The van der Waals surface area contributed by atoms with E-state index in [2.05, 4.69) is 36.5 Å². The smallest absolute Gasteiger partial charge is 0.252 e. The second-order valence-electron chi connectivity index (χ2n) is 5.61. The van der Waals surface area contributed by atoms with Crippen molar-refractivity contribution < 1.29 is 4.79 Å². The van der Waals surface area contributed by atoms with E-state index in [0.717, 1.165) is 28.7 Å². The molecule has 0 spiro atoms. The standard InChI is InChI=1S/C19H23NO/c1-5-16-8-10-17(11-9-16)15(4)20-19(21)18-12-13(2)6-7-14(18)3/h6-12,15H,5H2,1-4H3,(H,20,21). The molecule has 2 nitrogen and oxygen atoms in total. The first-order chi connectivity index (χ1) is 10.0. The van der Waals surface area contributed by atoms with Crippen molar-refractivity contribution in [3.8, 4) is 0 Å². The Hall–Kier alpha value is -2.09. The van der Waals surface area contributed by atoms with E-state index in [1.165, 1.54) is 5.56 Å². The van der Waals surface area contributed by atoms with Crippen molar-refractivity contribution in [1.29, 1.82) is 0 Å². The number of nitrogens with one attached hydrogen (secondary N) is 1. The Bertz CT molecular complexity index is 629. The molecule has 0 saturated heterocycles. The van der Waals surface area contributed by atoms with Crippen molar-refractivity contribution in [3.63, 3.8) is 0 Å². The van der Waals surface area contributed by atoms with Gasteiger partial charge in [-0.15, -0.1) is 0 Å². The largest absolute Gasteiger partial charge is 0.346 e. The zero-order valence-electron chi connectivity index (χ0n) is 13.2. The summed E-state index contributed by atoms with van der Waals surface area (Å²) in [5.41, 5.74) is 5.31. The van der Waals surface area contributed by atoms with Crippen LogP contribution in [-0.2, 0) is 6.42 Å². The topological polar surface area (TPSA) is 29.1 Å². The Morgan fingerprint density at radius 2 is 1.76 bits per heavy atom. The fourth-order valence-electron chi connectivity index (χ4n) is 2.38. The highest BCUT2D eigenvalue weighted by Crippen LogP contribution is 2.16. The van der Waals surface area contributed by atoms with Crippen LogP contribution < -0.4 is 5.32 Å². The number of carbonyl (C=O) groups is 1. The summed E-state index contributed by atoms with van der Waals surface area (Å²) in [4.78, 5) is 12.4. The first-order valence-electron chi connectivity index (χ1n) is 7.48. The average Bonchev–Trinajstić information content (AvgIpc) is 2.49. The van der Waals surface area contributed by atoms with E-state index in [-0.39, 0.29) is 11.9 Å². The molecule has 1 unspecified atom stereocenters. The number of amides is 1. The second-order valence-corrected chi connectivity index (χ2v) is 5.61. The molecule has 0 aliphatic rings. The molecular formula is C19H23NO. The molecule has 2 aromatic carbocycles. The summed E-state index contributed by atoms with van der Waals surface area (Å²) in [6.45, 7) is 8.13. The summed E-state index contributed by atoms with van der Waals surface area (Å²) >= 11 is 0. The maximum atomic E-state index is 12.4. The third-order valence-electron chi connectivity index (χ3n) is 3.87. The van der Waals surface area contributed by atoms with Crippen LogP contribution >= 0.6 is 0 Å². The second kappa shape index (κ2) is 6.57. The van der Waals surface area contributed by atoms with E-state index in [1.807, 2.05) is 39.0 Å². The van der Waals surface area contributed by atoms with Gasteiger partial charge in [0.15, 0.2) is 0 Å². The van der Waals surface area contributed by atoms with E-state index < -0.39 is 0 Å². The monoisotopic (exact) mass is 281 g/mol. The molecule has 1 atom stereocenters. The molecule has 0 heterocycles. The first-order valence-corrected chi connectivity index (χ1v) is 7.48. The molecule has 0 saturated carbocycles. The van der Waals surface area contributed by atoms with Crippen LogP contribution in [0.4, 0.5) is 0 Å². The number of rotatable bonds is 4. The maximum Gasteiger partial charge on any atom is 0.252 e. The fraction of sp³-hybridized carbons (Fsp3) is 0.316. The lowest BCUT2D eigenvalue weighted by molar-refractivity contribution is 0.0939. The van der Waals surface area contributed by atoms with Gasteiger partial charge >= 0.3 is 0 Å². The summed E-state index contributed by atoms with van der Waals surface area (Å²) in [5.74, 6) is -0.0109. The molecule has 2 rings (SSSR count). The molecule has 0 aliphatic heterocycles. The number of aryl methyl sites for hydroxylation is 3. The van der Waals surface area contributed by atoms with Crippen molar-refractivity contribution in [3.05, 3.63) is 70.3 Å². The van der Waals surface area contributed by atoms with Crippen LogP contribution in [0, 0.1) is 13.8 Å². The van der Waals surface area contributed by atoms with Gasteiger partial charge < -0.3 is 5.32 Å². The Labute approximate surface area is 127 Å². The van der Waals surface area contributed by atoms with Crippen molar-refractivity contribution in [2.45, 2.75) is 40.2 Å². The van der Waals surface area contributed by atoms with Gasteiger partial charge in [0.25, 0.3) is 5.91 Å². The Morgan fingerprint density at radius 1 is 1.10 bits per heavy atom. The van der Waals surface area contributed by atoms with Crippen molar-refractivity contribution in [1.82, 2.24) is 5.32 Å². The molecule has 0 aliphatic carbocycles. The molecule has 0 aromatic heterocycles. The fourth-order valence-corrected chi connectivity index (χ4v) is 2.38. The normalized spacial score (nSPS) is 12.0. The number of hydrogen-bond donors (Lipinski definition) is 1. The van der Waals surface area contributed by atoms with Gasteiger partial charge in [0, 0.05) is 5.56 Å². The summed E-state index contributed by atoms with van der Waals surface area (Å²) in [7, 11) is 0. The predicted molar refractivity (Wildman–Crippen MR) is 87.6 cm³/mol. The van der Waals surface area contributed by atoms with Crippen LogP contribution in [0.15, 0.2) is 42.5 Å². The van der Waals surface area contributed by atoms with E-state index in [4.69, 9.17) is 0 Å². The number of carbonyl (C=O) groups excluding carboxylic acids is 1. The van der Waals surface area contributed by atoms with E-state index in [1.54, 1.807) is 0 Å². The predicted octanol–water partition coefficient (Wildman–Crippen LogP) is 4.36. The minimum absolute atomic E-state index is 0.00307. The molecule has 1 amide bonds. The van der Waals surface area contributed by atoms with Crippen molar-refractivity contribution >= 4 is 5.91 Å². The van der Waals surface area contributed by atoms with Crippen LogP contribution in [0.3, 0.4) is 0 Å². The zero-order chi connectivity index (χ0) is 15.4. The van der Waals surface area contributed by atoms with Gasteiger partial charge in [0.1, 0.15) is 0 Å². The van der Waals surface area contributed by atoms with Crippen molar-refractivity contribution in [2.75, 3.05) is 0 Å². The molecular weight excluding hydrogens is 258 g/mol. The molecule has 2 aromatic rings. The lowest BCUT2D eigenvalue weighted by atomic mass is 10.0. The summed E-state index contributed by atoms with van der Waals surface area (Å²) in [6.07, 6.45) is 1.03. The van der Waals surface area contributed by atoms with Crippen LogP contribution in [0.1, 0.15) is 52.5 Å². The van der Waals surface area contributed by atoms with Gasteiger partial charge in [0.2, 0.25) is 0 Å². The molecule has 110 valence electrons. The Kier molecular flexibility index (Phi) is 4.79. The average molecular weight is 281 g/mol. The van der Waals surface area contributed by atoms with Crippen molar-refractivity contribution in [2.24, 2.45) is 0 Å². The van der Waals surface area contributed by atoms with Crippen LogP contribution in [0.25, 0.3) is 0 Å². The number of hydrogen-bond acceptors (Lipinski definition) is 1. The molecule has 0 fully saturated rings. The van der Waals surface area contributed by atoms with Gasteiger partial charge in [-0.25, -0.2) is 0 Å². The summed E-state index contributed by atoms with van der Waals surface area (Å²) in [6, 6.07) is 14.4. The van der Waals surface area contributed by atoms with Gasteiger partial charge in [-0.05, 0) is 49.9 Å². The minimum Gasteiger partial charge on any atom is -0.346 e. The lowest BCUT2D eigenvalue weighted by Gasteiger charge is -2.16. The Morgan fingerprint density at radius 3 is 2.38 bits per heavy atom. The minimum atomic E-state index is -0.0109. The maximum absolute atomic E-state index is 12.4. The first kappa shape index (κ1) is 15.3. The lowest BCUT2D eigenvalue weighted by Crippen LogP contribution is -2.27. The summed E-state index contributed by atoms with van der Waals surface area (Å²) < 4.78 is 0. The third kappa shape index (κ3) is 3.72. The quantitative estimate of drug-likeness (QED) is 0.886. The Balaban J connectivity index is 2.12. The molecule has 0 radical (unpaired) electrons. The molecule has 1 N–H and O–H groups in total. The zero-order valence-corrected chi connectivity index (χ0v) is 13.2. The molecule has 2 heteroatoms. The highest BCUT2D eigenvalue weighted by molar-refractivity contribution is 5.96. The summed E-state index contributed by atoms with van der Waals surface area (Å²) in [5, 5.41) is 3.08. The highest BCUT2D eigenvalue weighted by atomic mass is 16.1. The molecule has 21 heavy (non-hydrogen) atoms. The van der Waals surface area contributed by atoms with Gasteiger partial charge in [-0.1, -0.05) is 48.9 Å². The molecule has 0 bridgehead atoms. The van der Waals surface area contributed by atoms with E-state index >= 15 is 0 Å². The SMILES string of the molecule is CCc1ccc(C(C)NC(=O)c2cc(C)ccc2C)cc1. The van der Waals surface area contributed by atoms with Crippen LogP contribution in [0.5, 0.6) is 0 Å². The highest BCUT2D eigenvalue weighted by Gasteiger charge is 2.13. The van der Waals surface area contributed by atoms with E-state index in [9.17, 15) is 4.79 Å². The van der Waals surface area contributed by atoms with E-state index in [0.29, 0.717) is 0 Å².